The van der Waals surface area contributed by atoms with Crippen LogP contribution in [0.1, 0.15) is 24.4 Å². The summed E-state index contributed by atoms with van der Waals surface area (Å²) in [6, 6.07) is 0.140. The lowest BCUT2D eigenvalue weighted by Gasteiger charge is -2.13. The second kappa shape index (κ2) is 4.89. The molecule has 72 valence electrons. The Kier molecular flexibility index (Phi) is 3.79. The van der Waals surface area contributed by atoms with Crippen molar-refractivity contribution in [3.8, 4) is 0 Å². The highest BCUT2D eigenvalue weighted by Gasteiger charge is 2.08. The molecule has 0 fully saturated rings. The smallest absolute Gasteiger partial charge is 0.0782 e. The maximum Gasteiger partial charge on any atom is 0.0782 e. The van der Waals surface area contributed by atoms with E-state index in [0.29, 0.717) is 6.54 Å². The van der Waals surface area contributed by atoms with Crippen LogP contribution < -0.4 is 5.32 Å². The van der Waals surface area contributed by atoms with Crippen molar-refractivity contribution in [2.75, 3.05) is 13.2 Å². The molecule has 0 radical (unpaired) electrons. The number of aliphatic hydroxyl groups excluding tert-OH is 1. The van der Waals surface area contributed by atoms with Gasteiger partial charge in [0.05, 0.1) is 18.0 Å². The Hall–Kier alpha value is -1.00. The first-order chi connectivity index (χ1) is 6.25. The van der Waals surface area contributed by atoms with Gasteiger partial charge in [-0.25, -0.2) is 0 Å². The molecule has 4 nitrogen and oxygen atoms in total. The van der Waals surface area contributed by atoms with Gasteiger partial charge in [0.15, 0.2) is 0 Å². The minimum atomic E-state index is 0.140. The molecule has 1 rings (SSSR count). The van der Waals surface area contributed by atoms with Crippen LogP contribution in [0.2, 0.25) is 0 Å². The predicted molar refractivity (Wildman–Crippen MR) is 50.3 cm³/mol. The third kappa shape index (κ3) is 2.75. The molecule has 0 spiro atoms. The Bertz CT molecular complexity index is 265. The van der Waals surface area contributed by atoms with Crippen LogP contribution in [0.4, 0.5) is 0 Å². The molecule has 1 atom stereocenters. The van der Waals surface area contributed by atoms with Crippen LogP contribution in [0.5, 0.6) is 0 Å². The molecule has 0 saturated heterocycles. The largest absolute Gasteiger partial charge is 0.395 e. The lowest BCUT2D eigenvalue weighted by atomic mass is 10.2. The second-order valence-corrected chi connectivity index (χ2v) is 2.93. The summed E-state index contributed by atoms with van der Waals surface area (Å²) >= 11 is 0. The Morgan fingerprint density at radius 3 is 2.77 bits per heavy atom. The summed E-state index contributed by atoms with van der Waals surface area (Å²) in [6.07, 6.45) is 3.36. The highest BCUT2D eigenvalue weighted by molar-refractivity contribution is 5.12. The first kappa shape index (κ1) is 10.1. The zero-order valence-electron chi connectivity index (χ0n) is 7.99. The van der Waals surface area contributed by atoms with E-state index in [1.807, 2.05) is 13.8 Å². The lowest BCUT2D eigenvalue weighted by molar-refractivity contribution is 0.285. The van der Waals surface area contributed by atoms with Gasteiger partial charge in [0.25, 0.3) is 0 Å². The van der Waals surface area contributed by atoms with Crippen LogP contribution >= 0.6 is 0 Å². The maximum atomic E-state index is 8.63. The van der Waals surface area contributed by atoms with E-state index in [4.69, 9.17) is 5.11 Å². The molecule has 13 heavy (non-hydrogen) atoms. The van der Waals surface area contributed by atoms with E-state index in [-0.39, 0.29) is 12.6 Å². The topological polar surface area (TPSA) is 58.0 Å². The summed E-state index contributed by atoms with van der Waals surface area (Å²) in [6.45, 7) is 4.66. The first-order valence-corrected chi connectivity index (χ1v) is 4.37. The summed E-state index contributed by atoms with van der Waals surface area (Å²) in [5.41, 5.74) is 1.87. The maximum absolute atomic E-state index is 8.63. The van der Waals surface area contributed by atoms with Crippen molar-refractivity contribution >= 4 is 0 Å². The van der Waals surface area contributed by atoms with Crippen molar-refractivity contribution in [1.82, 2.24) is 15.3 Å². The third-order valence-corrected chi connectivity index (χ3v) is 1.89. The number of aliphatic hydroxyl groups is 1. The first-order valence-electron chi connectivity index (χ1n) is 4.37. The molecule has 1 aromatic heterocycles. The van der Waals surface area contributed by atoms with Crippen LogP contribution in [0, 0.1) is 6.92 Å². The second-order valence-electron chi connectivity index (χ2n) is 2.93. The van der Waals surface area contributed by atoms with E-state index < -0.39 is 0 Å². The van der Waals surface area contributed by atoms with Gasteiger partial charge >= 0.3 is 0 Å². The number of hydrogen-bond donors (Lipinski definition) is 2. The molecular weight excluding hydrogens is 166 g/mol. The van der Waals surface area contributed by atoms with Crippen molar-refractivity contribution in [1.29, 1.82) is 0 Å². The monoisotopic (exact) mass is 181 g/mol. The molecule has 0 aliphatic rings. The molecule has 0 saturated carbocycles. The van der Waals surface area contributed by atoms with Gasteiger partial charge in [-0.05, 0) is 13.8 Å². The zero-order valence-corrected chi connectivity index (χ0v) is 7.99. The molecule has 1 heterocycles. The van der Waals surface area contributed by atoms with Gasteiger partial charge in [0.1, 0.15) is 0 Å². The molecule has 0 aliphatic carbocycles. The molecule has 4 heteroatoms. The summed E-state index contributed by atoms with van der Waals surface area (Å²) < 4.78 is 0. The van der Waals surface area contributed by atoms with E-state index in [0.717, 1.165) is 11.4 Å². The van der Waals surface area contributed by atoms with E-state index in [2.05, 4.69) is 15.3 Å². The van der Waals surface area contributed by atoms with Crippen LogP contribution in [0.25, 0.3) is 0 Å². The van der Waals surface area contributed by atoms with Crippen molar-refractivity contribution < 1.29 is 5.11 Å². The number of aryl methyl sites for hydroxylation is 1. The zero-order chi connectivity index (χ0) is 9.68. The van der Waals surface area contributed by atoms with Crippen LogP contribution in [-0.4, -0.2) is 28.2 Å². The van der Waals surface area contributed by atoms with E-state index >= 15 is 0 Å². The Balaban J connectivity index is 2.65. The number of hydrogen-bond acceptors (Lipinski definition) is 4. The van der Waals surface area contributed by atoms with Gasteiger partial charge in [0, 0.05) is 25.0 Å². The Labute approximate surface area is 78.0 Å². The van der Waals surface area contributed by atoms with E-state index in [9.17, 15) is 0 Å². The number of aromatic nitrogens is 2. The Morgan fingerprint density at radius 1 is 1.46 bits per heavy atom. The minimum absolute atomic E-state index is 0.140. The third-order valence-electron chi connectivity index (χ3n) is 1.89. The normalized spacial score (nSPS) is 12.8. The van der Waals surface area contributed by atoms with Crippen LogP contribution in [0.15, 0.2) is 12.4 Å². The highest BCUT2D eigenvalue weighted by atomic mass is 16.3. The highest BCUT2D eigenvalue weighted by Crippen LogP contribution is 2.10. The molecule has 2 N–H and O–H groups in total. The van der Waals surface area contributed by atoms with Gasteiger partial charge in [-0.1, -0.05) is 0 Å². The van der Waals surface area contributed by atoms with Crippen LogP contribution in [-0.2, 0) is 0 Å². The fraction of sp³-hybridized carbons (Fsp3) is 0.556. The Morgan fingerprint density at radius 2 is 2.15 bits per heavy atom. The standard InChI is InChI=1S/C9H15N3O/c1-7-9(12-4-3-10-7)8(2)11-5-6-13/h3-4,8,11,13H,5-6H2,1-2H3. The summed E-state index contributed by atoms with van der Waals surface area (Å²) in [7, 11) is 0. The summed E-state index contributed by atoms with van der Waals surface area (Å²) in [5, 5.41) is 11.8. The quantitative estimate of drug-likeness (QED) is 0.707. The molecule has 0 aliphatic heterocycles. The van der Waals surface area contributed by atoms with Gasteiger partial charge in [-0.15, -0.1) is 0 Å². The molecule has 0 amide bonds. The van der Waals surface area contributed by atoms with Crippen LogP contribution in [0.3, 0.4) is 0 Å². The van der Waals surface area contributed by atoms with Gasteiger partial charge in [0.2, 0.25) is 0 Å². The van der Waals surface area contributed by atoms with Gasteiger partial charge < -0.3 is 10.4 Å². The minimum Gasteiger partial charge on any atom is -0.395 e. The SMILES string of the molecule is Cc1nccnc1C(C)NCCO. The molecule has 1 aromatic rings. The van der Waals surface area contributed by atoms with Gasteiger partial charge in [-0.2, -0.15) is 0 Å². The number of nitrogens with zero attached hydrogens (tertiary/aromatic N) is 2. The average Bonchev–Trinajstić information content (AvgIpc) is 2.15. The van der Waals surface area contributed by atoms with Crippen molar-refractivity contribution in [2.45, 2.75) is 19.9 Å². The fourth-order valence-corrected chi connectivity index (χ4v) is 1.22. The molecule has 0 bridgehead atoms. The van der Waals surface area contributed by atoms with Gasteiger partial charge in [-0.3, -0.25) is 9.97 Å². The summed E-state index contributed by atoms with van der Waals surface area (Å²) in [4.78, 5) is 8.37. The molecule has 0 aromatic carbocycles. The van der Waals surface area contributed by atoms with E-state index in [1.165, 1.54) is 0 Å². The van der Waals surface area contributed by atoms with E-state index in [1.54, 1.807) is 12.4 Å². The molecular formula is C9H15N3O. The lowest BCUT2D eigenvalue weighted by Crippen LogP contribution is -2.23. The van der Waals surface area contributed by atoms with Crippen molar-refractivity contribution in [3.05, 3.63) is 23.8 Å². The number of nitrogens with one attached hydrogen (secondary N) is 1. The fourth-order valence-electron chi connectivity index (χ4n) is 1.22. The van der Waals surface area contributed by atoms with Crippen molar-refractivity contribution in [2.24, 2.45) is 0 Å². The predicted octanol–water partition coefficient (Wildman–Crippen LogP) is 0.428. The van der Waals surface area contributed by atoms with Crippen molar-refractivity contribution in [3.63, 3.8) is 0 Å². The average molecular weight is 181 g/mol. The molecule has 1 unspecified atom stereocenters. The summed E-state index contributed by atoms with van der Waals surface area (Å²) in [5.74, 6) is 0. The number of rotatable bonds is 4.